The summed E-state index contributed by atoms with van der Waals surface area (Å²) in [4.78, 5) is 20.8. The van der Waals surface area contributed by atoms with E-state index in [1.807, 2.05) is 13.1 Å². The summed E-state index contributed by atoms with van der Waals surface area (Å²) >= 11 is 0. The van der Waals surface area contributed by atoms with Gasteiger partial charge in [-0.1, -0.05) is 5.16 Å². The first kappa shape index (κ1) is 12.8. The number of amides is 1. The Morgan fingerprint density at radius 1 is 1.45 bits per heavy atom. The summed E-state index contributed by atoms with van der Waals surface area (Å²) in [7, 11) is 0. The minimum Gasteiger partial charge on any atom is -0.351 e. The molecule has 6 heteroatoms. The Morgan fingerprint density at radius 3 is 3.05 bits per heavy atom. The van der Waals surface area contributed by atoms with Crippen molar-refractivity contribution in [2.45, 2.75) is 39.2 Å². The molecule has 2 heterocycles. The number of nitrogens with zero attached hydrogens (tertiary/aromatic N) is 3. The van der Waals surface area contributed by atoms with Gasteiger partial charge in [0.2, 0.25) is 5.76 Å². The van der Waals surface area contributed by atoms with Crippen molar-refractivity contribution < 1.29 is 9.32 Å². The number of fused-ring (bicyclic) bond motifs is 1. The monoisotopic (exact) mass is 272 g/mol. The standard InChI is InChI=1S/C14H16N4O2/c1-8-6-13(20-18-8)14(19)17-12-5-3-4-11-10(12)7-15-9(2)16-11/h6-7,12H,3-5H2,1-2H3,(H,17,19)/t12-/m0/s1. The van der Waals surface area contributed by atoms with Crippen molar-refractivity contribution in [3.8, 4) is 0 Å². The second-order valence-corrected chi connectivity index (χ2v) is 5.07. The zero-order valence-corrected chi connectivity index (χ0v) is 11.5. The third-order valence-electron chi connectivity index (χ3n) is 3.46. The Labute approximate surface area is 116 Å². The lowest BCUT2D eigenvalue weighted by Crippen LogP contribution is -2.31. The van der Waals surface area contributed by atoms with Gasteiger partial charge in [0.05, 0.1) is 11.7 Å². The summed E-state index contributed by atoms with van der Waals surface area (Å²) in [6, 6.07) is 1.57. The normalized spacial score (nSPS) is 17.6. The molecule has 0 fully saturated rings. The van der Waals surface area contributed by atoms with Crippen molar-refractivity contribution in [1.29, 1.82) is 0 Å². The van der Waals surface area contributed by atoms with Crippen LogP contribution in [-0.4, -0.2) is 21.0 Å². The molecule has 0 aliphatic heterocycles. The molecule has 1 N–H and O–H groups in total. The largest absolute Gasteiger partial charge is 0.351 e. The van der Waals surface area contributed by atoms with Crippen molar-refractivity contribution in [2.24, 2.45) is 0 Å². The van der Waals surface area contributed by atoms with Crippen LogP contribution in [0.3, 0.4) is 0 Å². The van der Waals surface area contributed by atoms with E-state index in [0.29, 0.717) is 5.69 Å². The van der Waals surface area contributed by atoms with E-state index in [-0.39, 0.29) is 17.7 Å². The van der Waals surface area contributed by atoms with Crippen molar-refractivity contribution >= 4 is 5.91 Å². The highest BCUT2D eigenvalue weighted by molar-refractivity contribution is 5.91. The van der Waals surface area contributed by atoms with Gasteiger partial charge in [-0.25, -0.2) is 9.97 Å². The van der Waals surface area contributed by atoms with E-state index in [1.165, 1.54) is 0 Å². The molecule has 1 atom stereocenters. The smallest absolute Gasteiger partial charge is 0.290 e. The summed E-state index contributed by atoms with van der Waals surface area (Å²) < 4.78 is 4.98. The van der Waals surface area contributed by atoms with Crippen LogP contribution in [0, 0.1) is 13.8 Å². The van der Waals surface area contributed by atoms with Crippen LogP contribution < -0.4 is 5.32 Å². The van der Waals surface area contributed by atoms with Gasteiger partial charge >= 0.3 is 0 Å². The van der Waals surface area contributed by atoms with Crippen molar-refractivity contribution in [3.05, 3.63) is 40.8 Å². The molecule has 0 bridgehead atoms. The predicted octanol–water partition coefficient (Wildman–Crippen LogP) is 1.89. The Balaban J connectivity index is 1.81. The Bertz CT molecular complexity index is 650. The van der Waals surface area contributed by atoms with Crippen LogP contribution in [0.1, 0.15) is 52.2 Å². The van der Waals surface area contributed by atoms with Crippen molar-refractivity contribution in [3.63, 3.8) is 0 Å². The van der Waals surface area contributed by atoms with Crippen LogP contribution in [-0.2, 0) is 6.42 Å². The lowest BCUT2D eigenvalue weighted by atomic mass is 9.92. The summed E-state index contributed by atoms with van der Waals surface area (Å²) in [5.41, 5.74) is 2.73. The fourth-order valence-electron chi connectivity index (χ4n) is 2.50. The van der Waals surface area contributed by atoms with Crippen LogP contribution in [0.5, 0.6) is 0 Å². The molecule has 0 saturated carbocycles. The van der Waals surface area contributed by atoms with Gasteiger partial charge in [-0.15, -0.1) is 0 Å². The number of aryl methyl sites for hydroxylation is 3. The van der Waals surface area contributed by atoms with Crippen LogP contribution >= 0.6 is 0 Å². The van der Waals surface area contributed by atoms with Crippen molar-refractivity contribution in [2.75, 3.05) is 0 Å². The second kappa shape index (κ2) is 5.03. The van der Waals surface area contributed by atoms with Crippen LogP contribution in [0.2, 0.25) is 0 Å². The maximum atomic E-state index is 12.1. The van der Waals surface area contributed by atoms with E-state index in [0.717, 1.165) is 36.3 Å². The van der Waals surface area contributed by atoms with E-state index in [9.17, 15) is 4.79 Å². The quantitative estimate of drug-likeness (QED) is 0.902. The van der Waals surface area contributed by atoms with Gasteiger partial charge in [0.1, 0.15) is 5.82 Å². The van der Waals surface area contributed by atoms with Gasteiger partial charge in [-0.05, 0) is 33.1 Å². The summed E-state index contributed by atoms with van der Waals surface area (Å²) in [5, 5.41) is 6.70. The average molecular weight is 272 g/mol. The van der Waals surface area contributed by atoms with Gasteiger partial charge < -0.3 is 9.84 Å². The van der Waals surface area contributed by atoms with Gasteiger partial charge in [0.15, 0.2) is 0 Å². The molecule has 1 amide bonds. The first-order valence-corrected chi connectivity index (χ1v) is 6.70. The molecule has 20 heavy (non-hydrogen) atoms. The maximum absolute atomic E-state index is 12.1. The van der Waals surface area contributed by atoms with Gasteiger partial charge in [-0.3, -0.25) is 4.79 Å². The molecule has 1 aliphatic carbocycles. The first-order valence-electron chi connectivity index (χ1n) is 6.70. The van der Waals surface area contributed by atoms with Gasteiger partial charge in [0, 0.05) is 23.5 Å². The topological polar surface area (TPSA) is 80.9 Å². The van der Waals surface area contributed by atoms with Gasteiger partial charge in [-0.2, -0.15) is 0 Å². The molecule has 0 spiro atoms. The van der Waals surface area contributed by atoms with E-state index >= 15 is 0 Å². The summed E-state index contributed by atoms with van der Waals surface area (Å²) in [6.07, 6.45) is 4.64. The van der Waals surface area contributed by atoms with E-state index in [2.05, 4.69) is 20.4 Å². The Kier molecular flexibility index (Phi) is 3.22. The maximum Gasteiger partial charge on any atom is 0.290 e. The number of carbonyl (C=O) groups excluding carboxylic acids is 1. The fraction of sp³-hybridized carbons (Fsp3) is 0.429. The number of nitrogens with one attached hydrogen (secondary N) is 1. The van der Waals surface area contributed by atoms with E-state index in [4.69, 9.17) is 4.52 Å². The molecular formula is C14H16N4O2. The Morgan fingerprint density at radius 2 is 2.30 bits per heavy atom. The number of rotatable bonds is 2. The molecule has 6 nitrogen and oxygen atoms in total. The summed E-state index contributed by atoms with van der Waals surface area (Å²) in [5.74, 6) is 0.758. The number of carbonyl (C=O) groups is 1. The molecule has 104 valence electrons. The average Bonchev–Trinajstić information content (AvgIpc) is 2.85. The lowest BCUT2D eigenvalue weighted by molar-refractivity contribution is 0.0895. The van der Waals surface area contributed by atoms with E-state index in [1.54, 1.807) is 13.0 Å². The van der Waals surface area contributed by atoms with Crippen LogP contribution in [0.25, 0.3) is 0 Å². The molecule has 0 saturated heterocycles. The fourth-order valence-corrected chi connectivity index (χ4v) is 2.50. The highest BCUT2D eigenvalue weighted by Crippen LogP contribution is 2.28. The van der Waals surface area contributed by atoms with Crippen molar-refractivity contribution in [1.82, 2.24) is 20.4 Å². The predicted molar refractivity (Wildman–Crippen MR) is 71.2 cm³/mol. The highest BCUT2D eigenvalue weighted by atomic mass is 16.5. The zero-order chi connectivity index (χ0) is 14.1. The SMILES string of the molecule is Cc1cc(C(=O)N[C@H]2CCCc3nc(C)ncc32)on1. The number of hydrogen-bond acceptors (Lipinski definition) is 5. The summed E-state index contributed by atoms with van der Waals surface area (Å²) in [6.45, 7) is 3.66. The lowest BCUT2D eigenvalue weighted by Gasteiger charge is -2.24. The minimum atomic E-state index is -0.246. The number of hydrogen-bond donors (Lipinski definition) is 1. The minimum absolute atomic E-state index is 0.0581. The molecule has 1 aliphatic rings. The molecule has 2 aromatic heterocycles. The molecule has 3 rings (SSSR count). The molecule has 0 aromatic carbocycles. The first-order chi connectivity index (χ1) is 9.63. The third-order valence-corrected chi connectivity index (χ3v) is 3.46. The highest BCUT2D eigenvalue weighted by Gasteiger charge is 2.25. The molecule has 2 aromatic rings. The van der Waals surface area contributed by atoms with Crippen LogP contribution in [0.4, 0.5) is 0 Å². The zero-order valence-electron chi connectivity index (χ0n) is 11.5. The number of aromatic nitrogens is 3. The molecule has 0 radical (unpaired) electrons. The molecular weight excluding hydrogens is 256 g/mol. The Hall–Kier alpha value is -2.24. The van der Waals surface area contributed by atoms with Gasteiger partial charge in [0.25, 0.3) is 5.91 Å². The second-order valence-electron chi connectivity index (χ2n) is 5.07. The third kappa shape index (κ3) is 2.41. The van der Waals surface area contributed by atoms with E-state index < -0.39 is 0 Å². The molecule has 0 unspecified atom stereocenters. The van der Waals surface area contributed by atoms with Crippen LogP contribution in [0.15, 0.2) is 16.8 Å².